The molecule has 1 saturated heterocycles. The van der Waals surface area contributed by atoms with Crippen LogP contribution in [0.1, 0.15) is 19.3 Å². The van der Waals surface area contributed by atoms with Crippen molar-refractivity contribution in [3.63, 3.8) is 0 Å². The van der Waals surface area contributed by atoms with E-state index in [4.69, 9.17) is 0 Å². The molecule has 1 atom stereocenters. The lowest BCUT2D eigenvalue weighted by molar-refractivity contribution is 0.333. The highest BCUT2D eigenvalue weighted by molar-refractivity contribution is 5.40. The minimum Gasteiger partial charge on any atom is -0.376 e. The predicted octanol–water partition coefficient (Wildman–Crippen LogP) is 0.699. The average molecular weight is 250 g/mol. The van der Waals surface area contributed by atoms with Gasteiger partial charge in [-0.1, -0.05) is 0 Å². The van der Waals surface area contributed by atoms with Crippen LogP contribution in [0, 0.1) is 5.92 Å². The van der Waals surface area contributed by atoms with Crippen molar-refractivity contribution in [1.82, 2.24) is 15.1 Å². The molecule has 0 radical (unpaired) electrons. The predicted molar refractivity (Wildman–Crippen MR) is 73.0 cm³/mol. The highest BCUT2D eigenvalue weighted by Crippen LogP contribution is 2.14. The van der Waals surface area contributed by atoms with Crippen molar-refractivity contribution in [2.45, 2.75) is 25.8 Å². The minimum atomic E-state index is -0.00929. The summed E-state index contributed by atoms with van der Waals surface area (Å²) in [6, 6.07) is 1.64. The van der Waals surface area contributed by atoms with Crippen LogP contribution in [-0.4, -0.2) is 37.0 Å². The quantitative estimate of drug-likeness (QED) is 0.854. The molecule has 1 aromatic rings. The Morgan fingerprint density at radius 3 is 3.00 bits per heavy atom. The Morgan fingerprint density at radius 2 is 2.39 bits per heavy atom. The van der Waals surface area contributed by atoms with E-state index >= 15 is 0 Å². The fourth-order valence-electron chi connectivity index (χ4n) is 2.31. The van der Waals surface area contributed by atoms with Gasteiger partial charge in [-0.05, 0) is 38.3 Å². The molecule has 0 aliphatic carbocycles. The lowest BCUT2D eigenvalue weighted by Gasteiger charge is -2.22. The number of hydrogen-bond acceptors (Lipinski definition) is 4. The van der Waals surface area contributed by atoms with Crippen molar-refractivity contribution < 1.29 is 0 Å². The topological polar surface area (TPSA) is 50.2 Å². The zero-order valence-electron chi connectivity index (χ0n) is 11.2. The summed E-state index contributed by atoms with van der Waals surface area (Å²) in [4.78, 5) is 13.8. The van der Waals surface area contributed by atoms with Gasteiger partial charge in [-0.2, -0.15) is 5.10 Å². The van der Waals surface area contributed by atoms with E-state index in [2.05, 4.69) is 10.4 Å². The van der Waals surface area contributed by atoms with E-state index in [-0.39, 0.29) is 5.56 Å². The number of aryl methyl sites for hydroxylation is 1. The SMILES string of the molecule is CN(C)c1cnn(CCC2CCCNC2)c(=O)c1. The van der Waals surface area contributed by atoms with Gasteiger partial charge in [0.1, 0.15) is 0 Å². The van der Waals surface area contributed by atoms with Crippen LogP contribution in [0.2, 0.25) is 0 Å². The second-order valence-corrected chi connectivity index (χ2v) is 5.17. The summed E-state index contributed by atoms with van der Waals surface area (Å²) in [6.45, 7) is 2.93. The van der Waals surface area contributed by atoms with E-state index in [0.717, 1.165) is 31.7 Å². The lowest BCUT2D eigenvalue weighted by Crippen LogP contribution is -2.32. The standard InChI is InChI=1S/C13H22N4O/c1-16(2)12-8-13(18)17(15-10-12)7-5-11-4-3-6-14-9-11/h8,10-11,14H,3-7,9H2,1-2H3. The summed E-state index contributed by atoms with van der Waals surface area (Å²) < 4.78 is 1.57. The molecule has 1 aromatic heterocycles. The maximum atomic E-state index is 11.9. The number of anilines is 1. The first-order valence-corrected chi connectivity index (χ1v) is 6.62. The molecule has 0 saturated carbocycles. The van der Waals surface area contributed by atoms with Gasteiger partial charge in [-0.25, -0.2) is 4.68 Å². The van der Waals surface area contributed by atoms with E-state index in [9.17, 15) is 4.79 Å². The van der Waals surface area contributed by atoms with Crippen molar-refractivity contribution in [3.8, 4) is 0 Å². The number of nitrogens with one attached hydrogen (secondary N) is 1. The Hall–Kier alpha value is -1.36. The van der Waals surface area contributed by atoms with E-state index < -0.39 is 0 Å². The monoisotopic (exact) mass is 250 g/mol. The Labute approximate surface area is 108 Å². The summed E-state index contributed by atoms with van der Waals surface area (Å²) >= 11 is 0. The molecule has 1 fully saturated rings. The first-order valence-electron chi connectivity index (χ1n) is 6.62. The molecule has 0 bridgehead atoms. The minimum absolute atomic E-state index is 0.00929. The Kier molecular flexibility index (Phi) is 4.36. The zero-order valence-corrected chi connectivity index (χ0v) is 11.2. The first kappa shape index (κ1) is 13.1. The summed E-state index contributed by atoms with van der Waals surface area (Å²) in [5.41, 5.74) is 0.848. The summed E-state index contributed by atoms with van der Waals surface area (Å²) in [5.74, 6) is 0.681. The lowest BCUT2D eigenvalue weighted by atomic mass is 9.96. The number of aromatic nitrogens is 2. The molecule has 18 heavy (non-hydrogen) atoms. The number of hydrogen-bond donors (Lipinski definition) is 1. The molecule has 1 N–H and O–H groups in total. The second kappa shape index (κ2) is 6.00. The van der Waals surface area contributed by atoms with Crippen LogP contribution in [0.4, 0.5) is 5.69 Å². The van der Waals surface area contributed by atoms with Gasteiger partial charge in [-0.15, -0.1) is 0 Å². The largest absolute Gasteiger partial charge is 0.376 e. The van der Waals surface area contributed by atoms with Gasteiger partial charge in [0.2, 0.25) is 0 Å². The van der Waals surface area contributed by atoms with Crippen molar-refractivity contribution in [2.75, 3.05) is 32.1 Å². The molecule has 0 spiro atoms. The second-order valence-electron chi connectivity index (χ2n) is 5.17. The Bertz CT molecular complexity index is 435. The molecule has 0 aromatic carbocycles. The maximum absolute atomic E-state index is 11.9. The smallest absolute Gasteiger partial charge is 0.268 e. The summed E-state index contributed by atoms with van der Waals surface area (Å²) in [5, 5.41) is 7.62. The van der Waals surface area contributed by atoms with E-state index in [0.29, 0.717) is 5.92 Å². The fourth-order valence-corrected chi connectivity index (χ4v) is 2.31. The average Bonchev–Trinajstić information content (AvgIpc) is 2.38. The third-order valence-corrected chi connectivity index (χ3v) is 3.52. The van der Waals surface area contributed by atoms with E-state index in [1.807, 2.05) is 19.0 Å². The van der Waals surface area contributed by atoms with Gasteiger partial charge < -0.3 is 10.2 Å². The van der Waals surface area contributed by atoms with Gasteiger partial charge in [0.05, 0.1) is 11.9 Å². The zero-order chi connectivity index (χ0) is 13.0. The van der Waals surface area contributed by atoms with Crippen LogP contribution in [0.3, 0.4) is 0 Å². The molecule has 1 aliphatic heterocycles. The maximum Gasteiger partial charge on any atom is 0.268 e. The number of piperidine rings is 1. The van der Waals surface area contributed by atoms with Crippen molar-refractivity contribution in [1.29, 1.82) is 0 Å². The molecule has 2 rings (SSSR count). The Morgan fingerprint density at radius 1 is 1.56 bits per heavy atom. The van der Waals surface area contributed by atoms with Crippen molar-refractivity contribution >= 4 is 5.69 Å². The van der Waals surface area contributed by atoms with Crippen LogP contribution in [0.25, 0.3) is 0 Å². The van der Waals surface area contributed by atoms with Crippen LogP contribution in [0.5, 0.6) is 0 Å². The third kappa shape index (κ3) is 3.32. The van der Waals surface area contributed by atoms with Crippen molar-refractivity contribution in [3.05, 3.63) is 22.6 Å². The fraction of sp³-hybridized carbons (Fsp3) is 0.692. The molecule has 100 valence electrons. The number of nitrogens with zero attached hydrogens (tertiary/aromatic N) is 3. The van der Waals surface area contributed by atoms with Gasteiger partial charge in [0.25, 0.3) is 5.56 Å². The van der Waals surface area contributed by atoms with Gasteiger partial charge in [0, 0.05) is 26.7 Å². The molecule has 5 heteroatoms. The van der Waals surface area contributed by atoms with Crippen LogP contribution in [0.15, 0.2) is 17.1 Å². The normalized spacial score (nSPS) is 19.8. The molecule has 5 nitrogen and oxygen atoms in total. The van der Waals surface area contributed by atoms with Gasteiger partial charge in [-0.3, -0.25) is 4.79 Å². The summed E-state index contributed by atoms with van der Waals surface area (Å²) in [7, 11) is 3.82. The third-order valence-electron chi connectivity index (χ3n) is 3.52. The number of rotatable bonds is 4. The highest BCUT2D eigenvalue weighted by Gasteiger charge is 2.13. The van der Waals surface area contributed by atoms with E-state index in [1.54, 1.807) is 16.9 Å². The molecule has 1 unspecified atom stereocenters. The summed E-state index contributed by atoms with van der Waals surface area (Å²) in [6.07, 6.45) is 5.28. The van der Waals surface area contributed by atoms with Crippen LogP contribution in [-0.2, 0) is 6.54 Å². The van der Waals surface area contributed by atoms with Crippen molar-refractivity contribution in [2.24, 2.45) is 5.92 Å². The molecular weight excluding hydrogens is 228 g/mol. The van der Waals surface area contributed by atoms with E-state index in [1.165, 1.54) is 12.8 Å². The molecule has 1 aliphatic rings. The molecule has 0 amide bonds. The van der Waals surface area contributed by atoms with Gasteiger partial charge >= 0.3 is 0 Å². The van der Waals surface area contributed by atoms with Crippen LogP contribution >= 0.6 is 0 Å². The van der Waals surface area contributed by atoms with Gasteiger partial charge in [0.15, 0.2) is 0 Å². The molecular formula is C13H22N4O. The first-order chi connectivity index (χ1) is 8.66. The van der Waals surface area contributed by atoms with Crippen LogP contribution < -0.4 is 15.8 Å². The molecule has 2 heterocycles. The Balaban J connectivity index is 1.95. The highest BCUT2D eigenvalue weighted by atomic mass is 16.1.